The number of alkyl halides is 3. The molecule has 250 valence electrons. The van der Waals surface area contributed by atoms with Gasteiger partial charge < -0.3 is 35.4 Å². The monoisotopic (exact) mass is 659 g/mol. The Hall–Kier alpha value is -5.22. The first-order valence-corrected chi connectivity index (χ1v) is 14.4. The summed E-state index contributed by atoms with van der Waals surface area (Å²) in [5.74, 6) is -2.70. The van der Waals surface area contributed by atoms with Gasteiger partial charge in [0.25, 0.3) is 5.91 Å². The first-order valence-electron chi connectivity index (χ1n) is 14.4. The minimum atomic E-state index is -4.69. The molecule has 2 aromatic carbocycles. The Morgan fingerprint density at radius 2 is 1.79 bits per heavy atom. The van der Waals surface area contributed by atoms with E-state index in [-0.39, 0.29) is 13.2 Å². The molecule has 13 nitrogen and oxygen atoms in total. The molecule has 1 aliphatic rings. The highest BCUT2D eigenvalue weighted by atomic mass is 19.4. The van der Waals surface area contributed by atoms with Crippen molar-refractivity contribution >= 4 is 29.8 Å². The molecule has 3 aromatic rings. The lowest BCUT2D eigenvalue weighted by Gasteiger charge is -2.22. The predicted octanol–water partition coefficient (Wildman–Crippen LogP) is 3.24. The molecule has 0 saturated carbocycles. The van der Waals surface area contributed by atoms with Gasteiger partial charge in [0.15, 0.2) is 0 Å². The highest BCUT2D eigenvalue weighted by Crippen LogP contribution is 2.29. The van der Waals surface area contributed by atoms with Gasteiger partial charge in [0.1, 0.15) is 25.1 Å². The summed E-state index contributed by atoms with van der Waals surface area (Å²) in [6, 6.07) is 15.8. The quantitative estimate of drug-likeness (QED) is 0.188. The number of carbonyl (C=O) groups is 4. The van der Waals surface area contributed by atoms with Gasteiger partial charge in [-0.05, 0) is 42.3 Å². The fourth-order valence-corrected chi connectivity index (χ4v) is 4.53. The summed E-state index contributed by atoms with van der Waals surface area (Å²) in [4.78, 5) is 58.7. The molecule has 16 heteroatoms. The molecule has 0 aliphatic carbocycles. The van der Waals surface area contributed by atoms with Crippen LogP contribution >= 0.6 is 0 Å². The number of anilines is 1. The van der Waals surface area contributed by atoms with Gasteiger partial charge in [-0.15, -0.1) is 5.06 Å². The van der Waals surface area contributed by atoms with Crippen LogP contribution in [0.25, 0.3) is 0 Å². The first kappa shape index (κ1) is 34.6. The molecule has 0 radical (unpaired) electrons. The Balaban J connectivity index is 1.27. The topological polar surface area (TPSA) is 168 Å². The summed E-state index contributed by atoms with van der Waals surface area (Å²) in [7, 11) is 0. The summed E-state index contributed by atoms with van der Waals surface area (Å²) in [6.45, 7) is -0.659. The molecule has 0 spiro atoms. The zero-order valence-electron chi connectivity index (χ0n) is 24.8. The van der Waals surface area contributed by atoms with Crippen molar-refractivity contribution in [1.29, 1.82) is 0 Å². The summed E-state index contributed by atoms with van der Waals surface area (Å²) in [5, 5.41) is 18.5. The van der Waals surface area contributed by atoms with E-state index < -0.39 is 72.6 Å². The van der Waals surface area contributed by atoms with Gasteiger partial charge in [-0.3, -0.25) is 9.59 Å². The molecule has 2 amide bonds. The number of aliphatic carboxylic acids is 1. The SMILES string of the molecule is O=C(COC1CC(CNc2ccccn2)N(OC(=O)OCc2ccccc2)C1)NCC(NC(=O)c1cccc(C(F)(F)F)c1)C(=O)O. The number of pyridine rings is 1. The minimum absolute atomic E-state index is 0.00218. The zero-order chi connectivity index (χ0) is 33.8. The highest BCUT2D eigenvalue weighted by Gasteiger charge is 2.36. The number of ether oxygens (including phenoxy) is 2. The number of nitrogens with zero attached hydrogens (tertiary/aromatic N) is 2. The van der Waals surface area contributed by atoms with E-state index in [2.05, 4.69) is 20.9 Å². The maximum atomic E-state index is 13.0. The molecule has 3 atom stereocenters. The van der Waals surface area contributed by atoms with Crippen LogP contribution in [0.2, 0.25) is 0 Å². The molecule has 0 bridgehead atoms. The Morgan fingerprint density at radius 3 is 2.49 bits per heavy atom. The third-order valence-corrected chi connectivity index (χ3v) is 6.91. The van der Waals surface area contributed by atoms with Gasteiger partial charge in [-0.25, -0.2) is 14.6 Å². The number of carbonyl (C=O) groups excluding carboxylic acids is 3. The average Bonchev–Trinajstić information content (AvgIpc) is 3.45. The second-order valence-electron chi connectivity index (χ2n) is 10.4. The van der Waals surface area contributed by atoms with E-state index in [0.29, 0.717) is 24.8 Å². The van der Waals surface area contributed by atoms with E-state index in [0.717, 1.165) is 23.8 Å². The normalized spacial score (nSPS) is 16.9. The van der Waals surface area contributed by atoms with Gasteiger partial charge in [-0.1, -0.05) is 42.5 Å². The summed E-state index contributed by atoms with van der Waals surface area (Å²) >= 11 is 0. The van der Waals surface area contributed by atoms with E-state index in [9.17, 15) is 37.5 Å². The van der Waals surface area contributed by atoms with E-state index in [1.165, 1.54) is 5.06 Å². The molecule has 1 fully saturated rings. The molecule has 4 rings (SSSR count). The number of halogens is 3. The number of carboxylic acid groups (broad SMARTS) is 1. The Bertz CT molecular complexity index is 1510. The number of hydrogen-bond donors (Lipinski definition) is 4. The molecule has 1 saturated heterocycles. The van der Waals surface area contributed by atoms with Crippen LogP contribution in [0.15, 0.2) is 79.0 Å². The number of nitrogens with one attached hydrogen (secondary N) is 3. The van der Waals surface area contributed by atoms with Gasteiger partial charge in [-0.2, -0.15) is 13.2 Å². The second kappa shape index (κ2) is 16.4. The van der Waals surface area contributed by atoms with Crippen LogP contribution in [0.4, 0.5) is 23.8 Å². The van der Waals surface area contributed by atoms with Crippen LogP contribution < -0.4 is 16.0 Å². The van der Waals surface area contributed by atoms with E-state index in [4.69, 9.17) is 14.3 Å². The zero-order valence-corrected chi connectivity index (χ0v) is 24.8. The highest BCUT2D eigenvalue weighted by molar-refractivity contribution is 5.97. The van der Waals surface area contributed by atoms with Crippen molar-refractivity contribution in [2.75, 3.05) is 31.6 Å². The van der Waals surface area contributed by atoms with Crippen LogP contribution in [0.1, 0.15) is 27.9 Å². The smallest absolute Gasteiger partial charge is 0.480 e. The van der Waals surface area contributed by atoms with E-state index >= 15 is 0 Å². The summed E-state index contributed by atoms with van der Waals surface area (Å²) < 4.78 is 49.9. The van der Waals surface area contributed by atoms with Crippen LogP contribution in [-0.4, -0.2) is 83.5 Å². The third kappa shape index (κ3) is 11.0. The van der Waals surface area contributed by atoms with Crippen molar-refractivity contribution in [3.05, 3.63) is 95.7 Å². The standard InChI is InChI=1S/C31H32F3N5O8/c32-31(33,34)22-10-6-9-21(13-22)28(41)38-25(29(42)43)16-37-27(40)19-45-24-14-23(15-36-26-11-4-5-12-35-26)39(17-24)47-30(44)46-18-20-7-2-1-3-8-20/h1-13,23-25H,14-19H2,(H,35,36)(H,37,40)(H,38,41)(H,42,43). The van der Waals surface area contributed by atoms with Crippen LogP contribution in [0.5, 0.6) is 0 Å². The third-order valence-electron chi connectivity index (χ3n) is 6.91. The van der Waals surface area contributed by atoms with Crippen molar-refractivity contribution in [1.82, 2.24) is 20.7 Å². The minimum Gasteiger partial charge on any atom is -0.480 e. The van der Waals surface area contributed by atoms with Gasteiger partial charge in [0.05, 0.1) is 24.3 Å². The Kier molecular flexibility index (Phi) is 12.1. The fraction of sp³-hybridized carbons (Fsp3) is 0.323. The number of carboxylic acids is 1. The number of amides is 2. The molecule has 3 unspecified atom stereocenters. The van der Waals surface area contributed by atoms with Crippen molar-refractivity contribution in [3.8, 4) is 0 Å². The van der Waals surface area contributed by atoms with Gasteiger partial charge in [0, 0.05) is 24.8 Å². The molecule has 1 aromatic heterocycles. The largest absolute Gasteiger partial charge is 0.528 e. The van der Waals surface area contributed by atoms with E-state index in [1.807, 2.05) is 6.07 Å². The molecule has 47 heavy (non-hydrogen) atoms. The van der Waals surface area contributed by atoms with Gasteiger partial charge in [0.2, 0.25) is 5.91 Å². The van der Waals surface area contributed by atoms with Crippen molar-refractivity contribution in [2.45, 2.75) is 37.4 Å². The van der Waals surface area contributed by atoms with Crippen LogP contribution in [0.3, 0.4) is 0 Å². The number of aromatic nitrogens is 1. The maximum absolute atomic E-state index is 13.0. The molecular weight excluding hydrogens is 627 g/mol. The van der Waals surface area contributed by atoms with Crippen LogP contribution in [-0.2, 0) is 36.7 Å². The first-order chi connectivity index (χ1) is 22.5. The number of rotatable bonds is 14. The van der Waals surface area contributed by atoms with Crippen molar-refractivity contribution < 1.29 is 51.8 Å². The number of hydrogen-bond acceptors (Lipinski definition) is 10. The van der Waals surface area contributed by atoms with E-state index in [1.54, 1.807) is 48.7 Å². The Morgan fingerprint density at radius 1 is 1.02 bits per heavy atom. The maximum Gasteiger partial charge on any atom is 0.528 e. The number of hydroxylamine groups is 2. The Labute approximate surface area is 267 Å². The average molecular weight is 660 g/mol. The summed E-state index contributed by atoms with van der Waals surface area (Å²) in [6.07, 6.45) is -4.25. The predicted molar refractivity (Wildman–Crippen MR) is 159 cm³/mol. The number of benzene rings is 2. The molecule has 1 aliphatic heterocycles. The molecule has 4 N–H and O–H groups in total. The fourth-order valence-electron chi connectivity index (χ4n) is 4.53. The van der Waals surface area contributed by atoms with Crippen molar-refractivity contribution in [3.63, 3.8) is 0 Å². The lowest BCUT2D eigenvalue weighted by atomic mass is 10.1. The van der Waals surface area contributed by atoms with Crippen molar-refractivity contribution in [2.24, 2.45) is 0 Å². The van der Waals surface area contributed by atoms with Gasteiger partial charge >= 0.3 is 18.3 Å². The molecule has 2 heterocycles. The second-order valence-corrected chi connectivity index (χ2v) is 10.4. The lowest BCUT2D eigenvalue weighted by molar-refractivity contribution is -0.143. The molecular formula is C31H32F3N5O8. The van der Waals surface area contributed by atoms with Crippen LogP contribution in [0, 0.1) is 0 Å². The lowest BCUT2D eigenvalue weighted by Crippen LogP contribution is -2.49. The summed E-state index contributed by atoms with van der Waals surface area (Å²) in [5.41, 5.74) is -0.700.